The van der Waals surface area contributed by atoms with Crippen LogP contribution in [0.3, 0.4) is 0 Å². The van der Waals surface area contributed by atoms with Crippen molar-refractivity contribution in [3.05, 3.63) is 59.9 Å². The van der Waals surface area contributed by atoms with Gasteiger partial charge >= 0.3 is 0 Å². The van der Waals surface area contributed by atoms with Gasteiger partial charge in [-0.3, -0.25) is 0 Å². The minimum absolute atomic E-state index is 0.0343. The molecule has 0 radical (unpaired) electrons. The van der Waals surface area contributed by atoms with Crippen molar-refractivity contribution in [3.63, 3.8) is 0 Å². The number of benzene rings is 2. The molecular weight excluding hydrogens is 365 g/mol. The predicted octanol–water partition coefficient (Wildman–Crippen LogP) is 1.59. The van der Waals surface area contributed by atoms with Gasteiger partial charge in [-0.05, 0) is 30.3 Å². The van der Waals surface area contributed by atoms with Crippen LogP contribution < -0.4 is 14.5 Å². The predicted molar refractivity (Wildman–Crippen MR) is 105 cm³/mol. The first kappa shape index (κ1) is 19.8. The van der Waals surface area contributed by atoms with Crippen molar-refractivity contribution < 1.29 is 17.7 Å². The van der Waals surface area contributed by atoms with Crippen LogP contribution in [0.4, 0.5) is 10.1 Å². The largest absolute Gasteiger partial charge is 0.378 e. The second kappa shape index (κ2) is 8.37. The molecule has 1 fully saturated rings. The van der Waals surface area contributed by atoms with Crippen molar-refractivity contribution in [2.24, 2.45) is 0 Å². The molecule has 1 saturated heterocycles. The maximum absolute atomic E-state index is 13.4. The topological polar surface area (TPSA) is 53.9 Å². The van der Waals surface area contributed by atoms with E-state index in [1.54, 1.807) is 0 Å². The standard InChI is InChI=1S/C20H26FN3O2S/c1-23(2)18-10-8-16(9-11-18)20(24-12-3-4-13-24)15-22-27(25,26)19-7-5-6-17(21)14-19/h5-11,14,20,22H,3-4,12-13,15H2,1-2H3/p+1/t20-/m0/s1. The van der Waals surface area contributed by atoms with Gasteiger partial charge in [0, 0.05) is 38.2 Å². The number of hydrogen-bond donors (Lipinski definition) is 2. The summed E-state index contributed by atoms with van der Waals surface area (Å²) in [4.78, 5) is 3.38. The number of hydrogen-bond acceptors (Lipinski definition) is 3. The number of likely N-dealkylation sites (tertiary alicyclic amines) is 1. The van der Waals surface area contributed by atoms with Crippen molar-refractivity contribution in [2.45, 2.75) is 23.8 Å². The van der Waals surface area contributed by atoms with Crippen LogP contribution in [-0.4, -0.2) is 42.1 Å². The number of halogens is 1. The molecule has 1 aliphatic rings. The molecule has 5 nitrogen and oxygen atoms in total. The molecule has 1 atom stereocenters. The van der Waals surface area contributed by atoms with E-state index in [2.05, 4.69) is 29.0 Å². The highest BCUT2D eigenvalue weighted by Crippen LogP contribution is 2.18. The number of nitrogens with zero attached hydrogens (tertiary/aromatic N) is 1. The zero-order chi connectivity index (χ0) is 19.4. The fourth-order valence-corrected chi connectivity index (χ4v) is 4.67. The number of rotatable bonds is 7. The van der Waals surface area contributed by atoms with Gasteiger partial charge in [0.2, 0.25) is 10.0 Å². The van der Waals surface area contributed by atoms with Gasteiger partial charge < -0.3 is 9.80 Å². The Labute approximate surface area is 160 Å². The van der Waals surface area contributed by atoms with Gasteiger partial charge in [0.25, 0.3) is 0 Å². The quantitative estimate of drug-likeness (QED) is 0.753. The van der Waals surface area contributed by atoms with Crippen molar-refractivity contribution in [1.82, 2.24) is 4.72 Å². The van der Waals surface area contributed by atoms with Gasteiger partial charge in [-0.2, -0.15) is 0 Å². The van der Waals surface area contributed by atoms with Crippen LogP contribution >= 0.6 is 0 Å². The molecule has 146 valence electrons. The molecule has 0 unspecified atom stereocenters. The monoisotopic (exact) mass is 392 g/mol. The van der Waals surface area contributed by atoms with E-state index in [4.69, 9.17) is 0 Å². The molecule has 0 amide bonds. The zero-order valence-electron chi connectivity index (χ0n) is 15.8. The molecule has 27 heavy (non-hydrogen) atoms. The highest BCUT2D eigenvalue weighted by atomic mass is 32.2. The van der Waals surface area contributed by atoms with E-state index in [1.807, 2.05) is 19.0 Å². The third-order valence-corrected chi connectivity index (χ3v) is 6.56. The Kier molecular flexibility index (Phi) is 6.14. The Morgan fingerprint density at radius 1 is 1.11 bits per heavy atom. The Hall–Kier alpha value is -1.96. The summed E-state index contributed by atoms with van der Waals surface area (Å²) in [5.74, 6) is -0.557. The molecule has 0 bridgehead atoms. The molecule has 1 heterocycles. The maximum Gasteiger partial charge on any atom is 0.240 e. The average molecular weight is 393 g/mol. The highest BCUT2D eigenvalue weighted by molar-refractivity contribution is 7.89. The van der Waals surface area contributed by atoms with Crippen LogP contribution in [-0.2, 0) is 10.0 Å². The Balaban J connectivity index is 1.79. The molecule has 1 aliphatic heterocycles. The van der Waals surface area contributed by atoms with E-state index in [-0.39, 0.29) is 17.5 Å². The number of anilines is 1. The van der Waals surface area contributed by atoms with E-state index < -0.39 is 15.8 Å². The Morgan fingerprint density at radius 3 is 2.37 bits per heavy atom. The normalized spacial score (nSPS) is 16.4. The molecule has 0 aliphatic carbocycles. The zero-order valence-corrected chi connectivity index (χ0v) is 16.6. The lowest BCUT2D eigenvalue weighted by Gasteiger charge is -2.26. The number of sulfonamides is 1. The molecule has 2 aromatic carbocycles. The third-order valence-electron chi connectivity index (χ3n) is 5.13. The van der Waals surface area contributed by atoms with E-state index in [1.165, 1.54) is 23.1 Å². The van der Waals surface area contributed by atoms with Crippen molar-refractivity contribution >= 4 is 15.7 Å². The first-order valence-corrected chi connectivity index (χ1v) is 10.7. The van der Waals surface area contributed by atoms with Gasteiger partial charge in [0.05, 0.1) is 24.5 Å². The Morgan fingerprint density at radius 2 is 1.78 bits per heavy atom. The summed E-state index contributed by atoms with van der Waals surface area (Å²) in [6.07, 6.45) is 2.30. The summed E-state index contributed by atoms with van der Waals surface area (Å²) < 4.78 is 41.3. The number of nitrogens with one attached hydrogen (secondary N) is 2. The van der Waals surface area contributed by atoms with Gasteiger partial charge in [-0.1, -0.05) is 18.2 Å². The van der Waals surface area contributed by atoms with Crippen LogP contribution in [0.2, 0.25) is 0 Å². The van der Waals surface area contributed by atoms with Crippen LogP contribution in [0, 0.1) is 5.82 Å². The maximum atomic E-state index is 13.4. The van der Waals surface area contributed by atoms with Crippen molar-refractivity contribution in [2.75, 3.05) is 38.6 Å². The van der Waals surface area contributed by atoms with E-state index in [9.17, 15) is 12.8 Å². The second-order valence-corrected chi connectivity index (χ2v) is 8.98. The van der Waals surface area contributed by atoms with Crippen LogP contribution in [0.5, 0.6) is 0 Å². The fraction of sp³-hybridized carbons (Fsp3) is 0.400. The minimum Gasteiger partial charge on any atom is -0.378 e. The summed E-state index contributed by atoms with van der Waals surface area (Å²) in [5.41, 5.74) is 2.22. The van der Waals surface area contributed by atoms with Crippen LogP contribution in [0.1, 0.15) is 24.4 Å². The second-order valence-electron chi connectivity index (χ2n) is 7.21. The summed E-state index contributed by atoms with van der Waals surface area (Å²) in [5, 5.41) is 0. The van der Waals surface area contributed by atoms with Crippen molar-refractivity contribution in [3.8, 4) is 0 Å². The molecule has 0 spiro atoms. The first-order chi connectivity index (χ1) is 12.9. The summed E-state index contributed by atoms with van der Waals surface area (Å²) in [6.45, 7) is 2.35. The van der Waals surface area contributed by atoms with Crippen molar-refractivity contribution in [1.29, 1.82) is 0 Å². The molecule has 7 heteroatoms. The van der Waals surface area contributed by atoms with Gasteiger partial charge in [-0.25, -0.2) is 17.5 Å². The van der Waals surface area contributed by atoms with E-state index in [0.717, 1.165) is 43.2 Å². The number of quaternary nitrogens is 1. The summed E-state index contributed by atoms with van der Waals surface area (Å²) >= 11 is 0. The minimum atomic E-state index is -3.75. The fourth-order valence-electron chi connectivity index (χ4n) is 3.59. The van der Waals surface area contributed by atoms with Gasteiger partial charge in [0.1, 0.15) is 11.9 Å². The lowest BCUT2D eigenvalue weighted by Crippen LogP contribution is -3.11. The Bertz CT molecular complexity index is 863. The first-order valence-electron chi connectivity index (χ1n) is 9.24. The van der Waals surface area contributed by atoms with E-state index >= 15 is 0 Å². The molecule has 0 saturated carbocycles. The molecule has 3 rings (SSSR count). The summed E-state index contributed by atoms with van der Waals surface area (Å²) in [7, 11) is 0.234. The van der Waals surface area contributed by atoms with Crippen LogP contribution in [0.15, 0.2) is 53.4 Å². The molecule has 0 aromatic heterocycles. The lowest BCUT2D eigenvalue weighted by atomic mass is 10.1. The molecule has 2 aromatic rings. The summed E-state index contributed by atoms with van der Waals surface area (Å²) in [6, 6.07) is 13.4. The SMILES string of the molecule is CN(C)c1ccc([C@H](CNS(=O)(=O)c2cccc(F)c2)[NH+]2CCCC2)cc1. The molecular formula is C20H27FN3O2S+. The lowest BCUT2D eigenvalue weighted by molar-refractivity contribution is -0.918. The smallest absolute Gasteiger partial charge is 0.240 e. The van der Waals surface area contributed by atoms with E-state index in [0.29, 0.717) is 0 Å². The third kappa shape index (κ3) is 4.86. The highest BCUT2D eigenvalue weighted by Gasteiger charge is 2.29. The molecule has 2 N–H and O–H groups in total. The van der Waals surface area contributed by atoms with Gasteiger partial charge in [0.15, 0.2) is 0 Å². The van der Waals surface area contributed by atoms with Gasteiger partial charge in [-0.15, -0.1) is 0 Å². The average Bonchev–Trinajstić information content (AvgIpc) is 3.16. The van der Waals surface area contributed by atoms with Crippen LogP contribution in [0.25, 0.3) is 0 Å².